The molecule has 1 aromatic heterocycles. The molecule has 0 saturated carbocycles. The second-order valence-corrected chi connectivity index (χ2v) is 2.65. The van der Waals surface area contributed by atoms with Gasteiger partial charge in [-0.15, -0.1) is 5.10 Å². The third-order valence-corrected chi connectivity index (χ3v) is 1.65. The average Bonchev–Trinajstić information content (AvgIpc) is 2.38. The molecule has 0 aliphatic rings. The lowest BCUT2D eigenvalue weighted by molar-refractivity contribution is 0.687. The van der Waals surface area contributed by atoms with Crippen molar-refractivity contribution in [3.8, 4) is 0 Å². The Morgan fingerprint density at radius 2 is 2.50 bits per heavy atom. The quantitative estimate of drug-likeness (QED) is 0.634. The van der Waals surface area contributed by atoms with E-state index in [9.17, 15) is 0 Å². The number of thiol groups is 1. The monoisotopic (exact) mass is 158 g/mol. The molecule has 0 aliphatic carbocycles. The molecule has 1 atom stereocenters. The highest BCUT2D eigenvalue weighted by molar-refractivity contribution is 7.80. The predicted molar refractivity (Wildman–Crippen MR) is 41.1 cm³/mol. The van der Waals surface area contributed by atoms with Crippen LogP contribution in [0.3, 0.4) is 0 Å². The molecule has 0 amide bonds. The second kappa shape index (κ2) is 3.55. The second-order valence-electron chi connectivity index (χ2n) is 2.20. The van der Waals surface area contributed by atoms with Crippen LogP contribution in [0.4, 0.5) is 0 Å². The predicted octanol–water partition coefficient (Wildman–Crippen LogP) is 0.623. The fourth-order valence-corrected chi connectivity index (χ4v) is 1.09. The van der Waals surface area contributed by atoms with Crippen molar-refractivity contribution in [3.63, 3.8) is 0 Å². The van der Waals surface area contributed by atoms with Crippen LogP contribution in [0.5, 0.6) is 0 Å². The van der Waals surface area contributed by atoms with Gasteiger partial charge < -0.3 is 0 Å². The van der Waals surface area contributed by atoms with E-state index in [0.717, 1.165) is 18.0 Å². The standard InChI is InChI=1S/C5H10N4S/c1-4(2-3-10)5-6-8-9-7-5/h4,10H,2-3H2,1H3,(H,6,7,8,9). The van der Waals surface area contributed by atoms with Gasteiger partial charge in [0.25, 0.3) is 0 Å². The molecule has 1 heterocycles. The van der Waals surface area contributed by atoms with E-state index >= 15 is 0 Å². The Labute approximate surface area is 64.8 Å². The lowest BCUT2D eigenvalue weighted by Crippen LogP contribution is -1.96. The van der Waals surface area contributed by atoms with E-state index in [2.05, 4.69) is 40.2 Å². The average molecular weight is 158 g/mol. The van der Waals surface area contributed by atoms with Gasteiger partial charge in [0.1, 0.15) is 0 Å². The number of aromatic nitrogens is 4. The number of nitrogens with zero attached hydrogens (tertiary/aromatic N) is 3. The molecule has 1 rings (SSSR count). The minimum Gasteiger partial charge on any atom is -0.243 e. The highest BCUT2D eigenvalue weighted by atomic mass is 32.1. The normalized spacial score (nSPS) is 13.4. The van der Waals surface area contributed by atoms with E-state index in [4.69, 9.17) is 0 Å². The van der Waals surface area contributed by atoms with Crippen molar-refractivity contribution in [2.45, 2.75) is 19.3 Å². The first-order valence-electron chi connectivity index (χ1n) is 3.19. The van der Waals surface area contributed by atoms with Crippen LogP contribution in [0.2, 0.25) is 0 Å². The van der Waals surface area contributed by atoms with Gasteiger partial charge in [0.05, 0.1) is 0 Å². The Bertz CT molecular complexity index is 174. The zero-order valence-corrected chi connectivity index (χ0v) is 6.67. The van der Waals surface area contributed by atoms with Crippen LogP contribution >= 0.6 is 12.6 Å². The Kier molecular flexibility index (Phi) is 2.68. The Balaban J connectivity index is 2.50. The maximum atomic E-state index is 4.11. The first kappa shape index (κ1) is 7.53. The largest absolute Gasteiger partial charge is 0.243 e. The van der Waals surface area contributed by atoms with Gasteiger partial charge in [-0.1, -0.05) is 6.92 Å². The van der Waals surface area contributed by atoms with Gasteiger partial charge in [-0.25, -0.2) is 5.10 Å². The first-order chi connectivity index (χ1) is 4.84. The minimum atomic E-state index is 0.382. The summed E-state index contributed by atoms with van der Waals surface area (Å²) < 4.78 is 0. The molecule has 0 aliphatic heterocycles. The molecular formula is C5H10N4S. The molecule has 0 bridgehead atoms. The van der Waals surface area contributed by atoms with Gasteiger partial charge in [0.15, 0.2) is 5.82 Å². The van der Waals surface area contributed by atoms with Crippen LogP contribution in [0.1, 0.15) is 25.1 Å². The summed E-state index contributed by atoms with van der Waals surface area (Å²) in [5.41, 5.74) is 0. The molecule has 1 aromatic rings. The summed E-state index contributed by atoms with van der Waals surface area (Å²) in [5, 5.41) is 13.5. The summed E-state index contributed by atoms with van der Waals surface area (Å²) in [7, 11) is 0. The molecule has 1 N–H and O–H groups in total. The van der Waals surface area contributed by atoms with Crippen molar-refractivity contribution in [1.82, 2.24) is 20.6 Å². The lowest BCUT2D eigenvalue weighted by atomic mass is 10.1. The van der Waals surface area contributed by atoms with E-state index in [1.165, 1.54) is 0 Å². The van der Waals surface area contributed by atoms with Gasteiger partial charge in [-0.05, 0) is 22.6 Å². The summed E-state index contributed by atoms with van der Waals surface area (Å²) in [6.07, 6.45) is 1.000. The van der Waals surface area contributed by atoms with Gasteiger partial charge in [0.2, 0.25) is 0 Å². The maximum absolute atomic E-state index is 4.11. The molecule has 0 saturated heterocycles. The zero-order valence-electron chi connectivity index (χ0n) is 5.78. The van der Waals surface area contributed by atoms with Crippen LogP contribution in [-0.2, 0) is 0 Å². The van der Waals surface area contributed by atoms with Crippen molar-refractivity contribution in [1.29, 1.82) is 0 Å². The molecule has 56 valence electrons. The number of tetrazole rings is 1. The van der Waals surface area contributed by atoms with Crippen molar-refractivity contribution in [2.75, 3.05) is 5.75 Å². The van der Waals surface area contributed by atoms with Crippen molar-refractivity contribution < 1.29 is 0 Å². The van der Waals surface area contributed by atoms with Gasteiger partial charge >= 0.3 is 0 Å². The van der Waals surface area contributed by atoms with E-state index in [0.29, 0.717) is 5.92 Å². The molecule has 4 nitrogen and oxygen atoms in total. The van der Waals surface area contributed by atoms with Crippen molar-refractivity contribution in [3.05, 3.63) is 5.82 Å². The number of rotatable bonds is 3. The Morgan fingerprint density at radius 3 is 3.00 bits per heavy atom. The summed E-state index contributed by atoms with van der Waals surface area (Å²) in [5.74, 6) is 2.09. The summed E-state index contributed by atoms with van der Waals surface area (Å²) in [6, 6.07) is 0. The summed E-state index contributed by atoms with van der Waals surface area (Å²) in [6.45, 7) is 2.07. The number of H-pyrrole nitrogens is 1. The molecule has 0 radical (unpaired) electrons. The third-order valence-electron chi connectivity index (χ3n) is 1.39. The molecule has 0 fully saturated rings. The van der Waals surface area contributed by atoms with E-state index < -0.39 is 0 Å². The van der Waals surface area contributed by atoms with Crippen LogP contribution in [0.15, 0.2) is 0 Å². The number of aromatic amines is 1. The smallest absolute Gasteiger partial charge is 0.151 e. The van der Waals surface area contributed by atoms with Crippen LogP contribution < -0.4 is 0 Å². The molecule has 1 unspecified atom stereocenters. The van der Waals surface area contributed by atoms with E-state index in [-0.39, 0.29) is 0 Å². The van der Waals surface area contributed by atoms with Crippen molar-refractivity contribution >= 4 is 12.6 Å². The molecular weight excluding hydrogens is 148 g/mol. The minimum absolute atomic E-state index is 0.382. The van der Waals surface area contributed by atoms with E-state index in [1.807, 2.05) is 0 Å². The number of hydrogen-bond acceptors (Lipinski definition) is 4. The molecule has 0 aromatic carbocycles. The SMILES string of the molecule is CC(CCS)c1nnn[nH]1. The lowest BCUT2D eigenvalue weighted by Gasteiger charge is -2.01. The fraction of sp³-hybridized carbons (Fsp3) is 0.800. The zero-order chi connectivity index (χ0) is 7.40. The Hall–Kier alpha value is -0.580. The van der Waals surface area contributed by atoms with Crippen LogP contribution in [0, 0.1) is 0 Å². The van der Waals surface area contributed by atoms with Crippen LogP contribution in [0.25, 0.3) is 0 Å². The summed E-state index contributed by atoms with van der Waals surface area (Å²) in [4.78, 5) is 0. The number of hydrogen-bond donors (Lipinski definition) is 2. The molecule has 0 spiro atoms. The van der Waals surface area contributed by atoms with Gasteiger partial charge in [0, 0.05) is 5.92 Å². The van der Waals surface area contributed by atoms with Gasteiger partial charge in [-0.2, -0.15) is 12.6 Å². The molecule has 5 heteroatoms. The highest BCUT2D eigenvalue weighted by Crippen LogP contribution is 2.12. The highest BCUT2D eigenvalue weighted by Gasteiger charge is 2.06. The molecule has 10 heavy (non-hydrogen) atoms. The Morgan fingerprint density at radius 1 is 1.70 bits per heavy atom. The maximum Gasteiger partial charge on any atom is 0.151 e. The van der Waals surface area contributed by atoms with Gasteiger partial charge in [-0.3, -0.25) is 0 Å². The number of nitrogens with one attached hydrogen (secondary N) is 1. The van der Waals surface area contributed by atoms with E-state index in [1.54, 1.807) is 0 Å². The topological polar surface area (TPSA) is 54.5 Å². The first-order valence-corrected chi connectivity index (χ1v) is 3.82. The third kappa shape index (κ3) is 1.70. The fourth-order valence-electron chi connectivity index (χ4n) is 0.706. The summed E-state index contributed by atoms with van der Waals surface area (Å²) >= 11 is 4.11. The van der Waals surface area contributed by atoms with Crippen LogP contribution in [-0.4, -0.2) is 26.4 Å². The van der Waals surface area contributed by atoms with Crippen molar-refractivity contribution in [2.24, 2.45) is 0 Å².